The van der Waals surface area contributed by atoms with E-state index >= 15 is 0 Å². The average molecular weight is 282 g/mol. The van der Waals surface area contributed by atoms with Crippen molar-refractivity contribution >= 4 is 10.0 Å². The summed E-state index contributed by atoms with van der Waals surface area (Å²) in [7, 11) is -3.48. The third-order valence-electron chi connectivity index (χ3n) is 3.89. The van der Waals surface area contributed by atoms with Crippen LogP contribution in [0.2, 0.25) is 0 Å². The molecule has 0 bridgehead atoms. The molecule has 2 rings (SSSR count). The van der Waals surface area contributed by atoms with E-state index in [4.69, 9.17) is 5.73 Å². The fourth-order valence-electron chi connectivity index (χ4n) is 2.92. The monoisotopic (exact) mass is 282 g/mol. The molecule has 1 aromatic rings. The van der Waals surface area contributed by atoms with Crippen LogP contribution in [0.25, 0.3) is 0 Å². The minimum atomic E-state index is -3.48. The van der Waals surface area contributed by atoms with E-state index in [1.54, 1.807) is 30.3 Å². The van der Waals surface area contributed by atoms with Gasteiger partial charge in [-0.1, -0.05) is 38.0 Å². The number of nitrogens with one attached hydrogen (secondary N) is 1. The summed E-state index contributed by atoms with van der Waals surface area (Å²) in [5, 5.41) is 0. The van der Waals surface area contributed by atoms with Gasteiger partial charge in [0.05, 0.1) is 4.90 Å². The maximum absolute atomic E-state index is 12.4. The van der Waals surface area contributed by atoms with Gasteiger partial charge in [-0.2, -0.15) is 0 Å². The predicted molar refractivity (Wildman–Crippen MR) is 76.2 cm³/mol. The standard InChI is InChI=1S/C14H22N2O2S/c1-12-6-5-9-14(10-12,11-15)16-19(17,18)13-7-3-2-4-8-13/h2-4,7-8,12,16H,5-6,9-11,15H2,1H3. The van der Waals surface area contributed by atoms with Crippen LogP contribution < -0.4 is 10.5 Å². The topological polar surface area (TPSA) is 72.2 Å². The van der Waals surface area contributed by atoms with E-state index < -0.39 is 15.6 Å². The van der Waals surface area contributed by atoms with Gasteiger partial charge in [0.2, 0.25) is 10.0 Å². The SMILES string of the molecule is CC1CCCC(CN)(NS(=O)(=O)c2ccccc2)C1. The first-order chi connectivity index (χ1) is 8.97. The second-order valence-electron chi connectivity index (χ2n) is 5.60. The van der Waals surface area contributed by atoms with Crippen LogP contribution in [0, 0.1) is 5.92 Å². The molecule has 1 aliphatic rings. The summed E-state index contributed by atoms with van der Waals surface area (Å²) >= 11 is 0. The van der Waals surface area contributed by atoms with E-state index in [9.17, 15) is 8.42 Å². The van der Waals surface area contributed by atoms with Gasteiger partial charge in [0, 0.05) is 12.1 Å². The van der Waals surface area contributed by atoms with Crippen molar-refractivity contribution in [3.8, 4) is 0 Å². The molecule has 19 heavy (non-hydrogen) atoms. The normalized spacial score (nSPS) is 28.2. The zero-order valence-corrected chi connectivity index (χ0v) is 12.1. The zero-order chi connectivity index (χ0) is 13.9. The number of rotatable bonds is 4. The molecule has 106 valence electrons. The Morgan fingerprint density at radius 1 is 1.37 bits per heavy atom. The molecule has 2 atom stereocenters. The Morgan fingerprint density at radius 2 is 2.05 bits per heavy atom. The highest BCUT2D eigenvalue weighted by Crippen LogP contribution is 2.32. The quantitative estimate of drug-likeness (QED) is 0.885. The molecule has 4 nitrogen and oxygen atoms in total. The summed E-state index contributed by atoms with van der Waals surface area (Å²) in [5.74, 6) is 0.510. The Bertz CT molecular complexity index is 516. The Balaban J connectivity index is 2.23. The molecule has 1 saturated carbocycles. The van der Waals surface area contributed by atoms with Crippen LogP contribution >= 0.6 is 0 Å². The van der Waals surface area contributed by atoms with Crippen molar-refractivity contribution in [3.05, 3.63) is 30.3 Å². The Kier molecular flexibility index (Phi) is 4.28. The molecular formula is C14H22N2O2S. The van der Waals surface area contributed by atoms with E-state index in [0.717, 1.165) is 25.7 Å². The maximum atomic E-state index is 12.4. The minimum absolute atomic E-state index is 0.307. The number of nitrogens with two attached hydrogens (primary N) is 1. The summed E-state index contributed by atoms with van der Waals surface area (Å²) in [4.78, 5) is 0.307. The highest BCUT2D eigenvalue weighted by molar-refractivity contribution is 7.89. The van der Waals surface area contributed by atoms with Crippen LogP contribution in [0.4, 0.5) is 0 Å². The number of benzene rings is 1. The van der Waals surface area contributed by atoms with Crippen LogP contribution in [-0.2, 0) is 10.0 Å². The van der Waals surface area contributed by atoms with Crippen molar-refractivity contribution in [3.63, 3.8) is 0 Å². The van der Waals surface area contributed by atoms with E-state index in [2.05, 4.69) is 11.6 Å². The second-order valence-corrected chi connectivity index (χ2v) is 7.29. The van der Waals surface area contributed by atoms with E-state index in [1.807, 2.05) is 0 Å². The van der Waals surface area contributed by atoms with Crippen molar-refractivity contribution in [1.29, 1.82) is 0 Å². The lowest BCUT2D eigenvalue weighted by molar-refractivity contribution is 0.223. The molecule has 0 spiro atoms. The van der Waals surface area contributed by atoms with Crippen LogP contribution in [0.1, 0.15) is 32.6 Å². The molecule has 0 radical (unpaired) electrons. The third-order valence-corrected chi connectivity index (χ3v) is 5.48. The predicted octanol–water partition coefficient (Wildman–Crippen LogP) is 1.87. The van der Waals surface area contributed by atoms with Crippen LogP contribution in [0.5, 0.6) is 0 Å². The summed E-state index contributed by atoms with van der Waals surface area (Å²) in [5.41, 5.74) is 5.38. The summed E-state index contributed by atoms with van der Waals surface area (Å²) in [6.07, 6.45) is 3.81. The van der Waals surface area contributed by atoms with Gasteiger partial charge < -0.3 is 5.73 Å². The molecule has 0 heterocycles. The minimum Gasteiger partial charge on any atom is -0.329 e. The molecule has 3 N–H and O–H groups in total. The van der Waals surface area contributed by atoms with Crippen LogP contribution in [-0.4, -0.2) is 20.5 Å². The number of hydrogen-bond donors (Lipinski definition) is 2. The first-order valence-electron chi connectivity index (χ1n) is 6.77. The first-order valence-corrected chi connectivity index (χ1v) is 8.25. The highest BCUT2D eigenvalue weighted by Gasteiger charge is 2.37. The third kappa shape index (κ3) is 3.35. The van der Waals surface area contributed by atoms with E-state index in [-0.39, 0.29) is 0 Å². The number of sulfonamides is 1. The van der Waals surface area contributed by atoms with Crippen molar-refractivity contribution in [2.75, 3.05) is 6.54 Å². The van der Waals surface area contributed by atoms with Gasteiger partial charge in [0.25, 0.3) is 0 Å². The van der Waals surface area contributed by atoms with Gasteiger partial charge in [-0.3, -0.25) is 0 Å². The largest absolute Gasteiger partial charge is 0.329 e. The second kappa shape index (κ2) is 5.61. The Labute approximate surface area is 115 Å². The lowest BCUT2D eigenvalue weighted by Gasteiger charge is -2.39. The average Bonchev–Trinajstić information content (AvgIpc) is 2.39. The van der Waals surface area contributed by atoms with Crippen molar-refractivity contribution < 1.29 is 8.42 Å². The van der Waals surface area contributed by atoms with E-state index in [1.165, 1.54) is 0 Å². The van der Waals surface area contributed by atoms with Crippen molar-refractivity contribution in [1.82, 2.24) is 4.72 Å². The van der Waals surface area contributed by atoms with Gasteiger partial charge in [0.15, 0.2) is 0 Å². The molecule has 0 aliphatic heterocycles. The van der Waals surface area contributed by atoms with Gasteiger partial charge in [-0.25, -0.2) is 13.1 Å². The van der Waals surface area contributed by atoms with Crippen molar-refractivity contribution in [2.24, 2.45) is 11.7 Å². The van der Waals surface area contributed by atoms with E-state index in [0.29, 0.717) is 17.4 Å². The van der Waals surface area contributed by atoms with Crippen LogP contribution in [0.15, 0.2) is 35.2 Å². The lowest BCUT2D eigenvalue weighted by atomic mass is 9.77. The van der Waals surface area contributed by atoms with Crippen molar-refractivity contribution in [2.45, 2.75) is 43.0 Å². The smallest absolute Gasteiger partial charge is 0.241 e. The van der Waals surface area contributed by atoms with Gasteiger partial charge in [0.1, 0.15) is 0 Å². The van der Waals surface area contributed by atoms with Gasteiger partial charge in [-0.15, -0.1) is 0 Å². The molecule has 5 heteroatoms. The fraction of sp³-hybridized carbons (Fsp3) is 0.571. The lowest BCUT2D eigenvalue weighted by Crippen LogP contribution is -2.55. The Hall–Kier alpha value is -0.910. The molecule has 1 fully saturated rings. The molecule has 0 aromatic heterocycles. The maximum Gasteiger partial charge on any atom is 0.241 e. The molecule has 1 aromatic carbocycles. The highest BCUT2D eigenvalue weighted by atomic mass is 32.2. The Morgan fingerprint density at radius 3 is 2.63 bits per heavy atom. The molecule has 0 amide bonds. The fourth-order valence-corrected chi connectivity index (χ4v) is 4.40. The molecule has 1 aliphatic carbocycles. The first kappa shape index (κ1) is 14.5. The summed E-state index contributed by atoms with van der Waals surface area (Å²) < 4.78 is 27.7. The molecule has 2 unspecified atom stereocenters. The molecule has 0 saturated heterocycles. The summed E-state index contributed by atoms with van der Waals surface area (Å²) in [6, 6.07) is 8.48. The zero-order valence-electron chi connectivity index (χ0n) is 11.3. The van der Waals surface area contributed by atoms with Gasteiger partial charge >= 0.3 is 0 Å². The van der Waals surface area contributed by atoms with Crippen LogP contribution in [0.3, 0.4) is 0 Å². The molecular weight excluding hydrogens is 260 g/mol. The number of hydrogen-bond acceptors (Lipinski definition) is 3. The summed E-state index contributed by atoms with van der Waals surface area (Å²) in [6.45, 7) is 2.50. The van der Waals surface area contributed by atoms with Gasteiger partial charge in [-0.05, 0) is 30.9 Å².